The number of nitrogens with zero attached hydrogens (tertiary/aromatic N) is 2. The molecule has 8 aromatic carbocycles. The van der Waals surface area contributed by atoms with Gasteiger partial charge in [-0.3, -0.25) is 0 Å². The summed E-state index contributed by atoms with van der Waals surface area (Å²) in [6, 6.07) is 61.9. The van der Waals surface area contributed by atoms with Crippen molar-refractivity contribution in [3.63, 3.8) is 0 Å². The van der Waals surface area contributed by atoms with E-state index in [9.17, 15) is 0 Å². The van der Waals surface area contributed by atoms with Crippen LogP contribution in [0, 0.1) is 0 Å². The van der Waals surface area contributed by atoms with Gasteiger partial charge in [0.1, 0.15) is 0 Å². The van der Waals surface area contributed by atoms with Crippen molar-refractivity contribution in [2.45, 2.75) is 0 Å². The second kappa shape index (κ2) is 10.3. The van der Waals surface area contributed by atoms with E-state index in [1.54, 1.807) is 0 Å². The lowest BCUT2D eigenvalue weighted by molar-refractivity contribution is 1.20. The van der Waals surface area contributed by atoms with Crippen LogP contribution >= 0.6 is 11.3 Å². The molecule has 0 spiro atoms. The predicted octanol–water partition coefficient (Wildman–Crippen LogP) is 12.9. The SMILES string of the molecule is c1ccc(N(c2ccc3c(c2)c2c4c(ccc2n3-c2cccc3ccccc23)sc2ccccc24)c2cccc3ccccc23)cc1. The Balaban J connectivity index is 1.35. The Morgan fingerprint density at radius 3 is 1.91 bits per heavy atom. The Hall–Kier alpha value is -5.90. The molecule has 2 nitrogen and oxygen atoms in total. The van der Waals surface area contributed by atoms with Gasteiger partial charge in [0.2, 0.25) is 0 Å². The topological polar surface area (TPSA) is 8.17 Å². The van der Waals surface area contributed by atoms with Crippen molar-refractivity contribution in [3.05, 3.63) is 170 Å². The van der Waals surface area contributed by atoms with Gasteiger partial charge >= 0.3 is 0 Å². The minimum absolute atomic E-state index is 1.13. The minimum atomic E-state index is 1.13. The minimum Gasteiger partial charge on any atom is -0.310 e. The zero-order valence-electron chi connectivity index (χ0n) is 25.5. The van der Waals surface area contributed by atoms with Crippen molar-refractivity contribution < 1.29 is 0 Å². The lowest BCUT2D eigenvalue weighted by atomic mass is 10.0. The van der Waals surface area contributed by atoms with Gasteiger partial charge in [-0.1, -0.05) is 109 Å². The molecule has 0 aliphatic rings. The third kappa shape index (κ3) is 3.97. The third-order valence-corrected chi connectivity index (χ3v) is 10.7. The quantitative estimate of drug-likeness (QED) is 0.191. The number of para-hydroxylation sites is 1. The second-order valence-electron chi connectivity index (χ2n) is 12.1. The van der Waals surface area contributed by atoms with E-state index < -0.39 is 0 Å². The number of hydrogen-bond acceptors (Lipinski definition) is 2. The van der Waals surface area contributed by atoms with Crippen molar-refractivity contribution in [2.24, 2.45) is 0 Å². The number of anilines is 3. The Labute approximate surface area is 276 Å². The van der Waals surface area contributed by atoms with Crippen LogP contribution in [0.1, 0.15) is 0 Å². The first-order valence-electron chi connectivity index (χ1n) is 16.0. The van der Waals surface area contributed by atoms with Crippen LogP contribution in [0.2, 0.25) is 0 Å². The molecule has 10 aromatic rings. The van der Waals surface area contributed by atoms with Gasteiger partial charge in [-0.2, -0.15) is 0 Å². The van der Waals surface area contributed by atoms with Crippen LogP contribution in [0.4, 0.5) is 17.1 Å². The number of aromatic nitrogens is 1. The lowest BCUT2D eigenvalue weighted by Crippen LogP contribution is -2.10. The highest BCUT2D eigenvalue weighted by molar-refractivity contribution is 7.26. The molecular formula is C44H28N2S. The molecule has 2 aromatic heterocycles. The Kier molecular flexibility index (Phi) is 5.78. The van der Waals surface area contributed by atoms with Gasteiger partial charge in [0.25, 0.3) is 0 Å². The first-order valence-corrected chi connectivity index (χ1v) is 16.8. The molecule has 0 atom stereocenters. The van der Waals surface area contributed by atoms with Gasteiger partial charge < -0.3 is 9.47 Å². The molecule has 0 saturated carbocycles. The van der Waals surface area contributed by atoms with Crippen LogP contribution in [-0.2, 0) is 0 Å². The molecule has 0 unspecified atom stereocenters. The molecular weight excluding hydrogens is 589 g/mol. The smallest absolute Gasteiger partial charge is 0.0548 e. The largest absolute Gasteiger partial charge is 0.310 e. The van der Waals surface area contributed by atoms with Crippen molar-refractivity contribution >= 4 is 91.9 Å². The van der Waals surface area contributed by atoms with Crippen molar-refractivity contribution in [3.8, 4) is 5.69 Å². The number of rotatable bonds is 4. The zero-order chi connectivity index (χ0) is 30.9. The molecule has 2 heterocycles. The number of fused-ring (bicyclic) bond motifs is 9. The maximum atomic E-state index is 2.48. The first-order chi connectivity index (χ1) is 23.3. The highest BCUT2D eigenvalue weighted by Crippen LogP contribution is 2.46. The van der Waals surface area contributed by atoms with E-state index in [4.69, 9.17) is 0 Å². The fourth-order valence-corrected chi connectivity index (χ4v) is 8.64. The first kappa shape index (κ1) is 26.3. The van der Waals surface area contributed by atoms with Crippen LogP contribution < -0.4 is 4.90 Å². The molecule has 0 bridgehead atoms. The van der Waals surface area contributed by atoms with Crippen LogP contribution in [0.15, 0.2) is 170 Å². The molecule has 0 aliphatic heterocycles. The summed E-state index contributed by atoms with van der Waals surface area (Å²) < 4.78 is 5.11. The summed E-state index contributed by atoms with van der Waals surface area (Å²) in [7, 11) is 0. The van der Waals surface area contributed by atoms with E-state index in [1.807, 2.05) is 11.3 Å². The summed E-state index contributed by atoms with van der Waals surface area (Å²) in [5, 5.41) is 10.1. The Bertz CT molecular complexity index is 2800. The zero-order valence-corrected chi connectivity index (χ0v) is 26.3. The fraction of sp³-hybridized carbons (Fsp3) is 0. The number of hydrogen-bond donors (Lipinski definition) is 0. The van der Waals surface area contributed by atoms with E-state index in [1.165, 1.54) is 69.2 Å². The molecule has 0 aliphatic carbocycles. The van der Waals surface area contributed by atoms with E-state index in [0.29, 0.717) is 0 Å². The maximum absolute atomic E-state index is 2.48. The molecule has 0 saturated heterocycles. The molecule has 0 N–H and O–H groups in total. The standard InChI is InChI=1S/C44H28N2S/c1-2-16-31(17-3-1)45(37-21-10-14-29-12-4-6-18-33(29)37)32-24-25-39-36(28-32)43-40(26-27-42-44(43)35-20-8-9-23-41(35)47-42)46(39)38-22-11-15-30-13-5-7-19-34(30)38/h1-28H. The van der Waals surface area contributed by atoms with Gasteiger partial charge in [-0.25, -0.2) is 0 Å². The van der Waals surface area contributed by atoms with Gasteiger partial charge in [-0.15, -0.1) is 11.3 Å². The molecule has 0 radical (unpaired) electrons. The number of benzene rings is 8. The molecule has 10 rings (SSSR count). The summed E-state index contributed by atoms with van der Waals surface area (Å²) in [6.07, 6.45) is 0. The second-order valence-corrected chi connectivity index (χ2v) is 13.2. The van der Waals surface area contributed by atoms with Crippen LogP contribution in [0.5, 0.6) is 0 Å². The van der Waals surface area contributed by atoms with E-state index >= 15 is 0 Å². The molecule has 3 heteroatoms. The normalized spacial score (nSPS) is 11.8. The molecule has 0 amide bonds. The Morgan fingerprint density at radius 2 is 1.06 bits per heavy atom. The molecule has 47 heavy (non-hydrogen) atoms. The summed E-state index contributed by atoms with van der Waals surface area (Å²) in [6.45, 7) is 0. The average Bonchev–Trinajstić information content (AvgIpc) is 3.67. The highest BCUT2D eigenvalue weighted by atomic mass is 32.1. The van der Waals surface area contributed by atoms with E-state index in [0.717, 1.165) is 17.1 Å². The number of thiophene rings is 1. The average molecular weight is 617 g/mol. The van der Waals surface area contributed by atoms with Crippen LogP contribution in [-0.4, -0.2) is 4.57 Å². The van der Waals surface area contributed by atoms with E-state index in [2.05, 4.69) is 179 Å². The molecule has 0 fully saturated rings. The van der Waals surface area contributed by atoms with Gasteiger partial charge in [0.05, 0.1) is 22.4 Å². The van der Waals surface area contributed by atoms with Crippen molar-refractivity contribution in [2.75, 3.05) is 4.90 Å². The third-order valence-electron chi connectivity index (χ3n) is 9.54. The highest BCUT2D eigenvalue weighted by Gasteiger charge is 2.22. The van der Waals surface area contributed by atoms with Crippen LogP contribution in [0.25, 0.3) is 69.2 Å². The van der Waals surface area contributed by atoms with E-state index in [-0.39, 0.29) is 0 Å². The van der Waals surface area contributed by atoms with Crippen molar-refractivity contribution in [1.82, 2.24) is 4.57 Å². The lowest BCUT2D eigenvalue weighted by Gasteiger charge is -2.27. The summed E-state index contributed by atoms with van der Waals surface area (Å²) in [4.78, 5) is 2.41. The Morgan fingerprint density at radius 1 is 0.404 bits per heavy atom. The van der Waals surface area contributed by atoms with Crippen LogP contribution in [0.3, 0.4) is 0 Å². The fourth-order valence-electron chi connectivity index (χ4n) is 7.52. The summed E-state index contributed by atoms with van der Waals surface area (Å²) >= 11 is 1.88. The monoisotopic (exact) mass is 616 g/mol. The van der Waals surface area contributed by atoms with Gasteiger partial charge in [0.15, 0.2) is 0 Å². The summed E-state index contributed by atoms with van der Waals surface area (Å²) in [5.41, 5.74) is 7.05. The predicted molar refractivity (Wildman–Crippen MR) is 203 cm³/mol. The van der Waals surface area contributed by atoms with Crippen molar-refractivity contribution in [1.29, 1.82) is 0 Å². The molecule has 220 valence electrons. The van der Waals surface area contributed by atoms with Gasteiger partial charge in [-0.05, 0) is 71.4 Å². The maximum Gasteiger partial charge on any atom is 0.0548 e. The van der Waals surface area contributed by atoms with Gasteiger partial charge in [0, 0.05) is 53.1 Å². The summed E-state index contributed by atoms with van der Waals surface area (Å²) in [5.74, 6) is 0.